The van der Waals surface area contributed by atoms with E-state index in [1.807, 2.05) is 0 Å². The normalized spacial score (nSPS) is 19.5. The van der Waals surface area contributed by atoms with Gasteiger partial charge in [-0.2, -0.15) is 0 Å². The van der Waals surface area contributed by atoms with Crippen molar-refractivity contribution >= 4 is 16.1 Å². The molecule has 0 atom stereocenters. The fourth-order valence-electron chi connectivity index (χ4n) is 3.42. The Morgan fingerprint density at radius 2 is 1.00 bits per heavy atom. The first-order valence-electron chi connectivity index (χ1n) is 6.98. The van der Waals surface area contributed by atoms with Crippen LogP contribution in [0.3, 0.4) is 0 Å². The smallest absolute Gasteiger partial charge is 0.0752 e. The molecule has 0 saturated carbocycles. The molecule has 1 nitrogen and oxygen atoms in total. The SMILES string of the molecule is CC1=C([Si](C)(C)C)C(N(C)C)C([Si](C)(C)C)=C1C. The maximum absolute atomic E-state index is 2.49. The lowest BCUT2D eigenvalue weighted by molar-refractivity contribution is 0.381. The van der Waals surface area contributed by atoms with Crippen LogP contribution in [0.1, 0.15) is 13.8 Å². The number of hydrogen-bond donors (Lipinski definition) is 0. The van der Waals surface area contributed by atoms with E-state index in [-0.39, 0.29) is 0 Å². The molecule has 0 heterocycles. The molecule has 0 bridgehead atoms. The van der Waals surface area contributed by atoms with Gasteiger partial charge in [-0.05, 0) is 27.9 Å². The van der Waals surface area contributed by atoms with Crippen molar-refractivity contribution in [2.24, 2.45) is 0 Å². The molecule has 0 aliphatic heterocycles. The Morgan fingerprint density at radius 3 is 1.17 bits per heavy atom. The first-order chi connectivity index (χ1) is 7.89. The van der Waals surface area contributed by atoms with Gasteiger partial charge < -0.3 is 0 Å². The van der Waals surface area contributed by atoms with Gasteiger partial charge in [0.25, 0.3) is 0 Å². The summed E-state index contributed by atoms with van der Waals surface area (Å²) in [5.41, 5.74) is 3.20. The highest BCUT2D eigenvalue weighted by Gasteiger charge is 2.42. The second kappa shape index (κ2) is 4.76. The summed E-state index contributed by atoms with van der Waals surface area (Å²) in [6.45, 7) is 19.6. The van der Waals surface area contributed by atoms with E-state index in [0.717, 1.165) is 0 Å². The Labute approximate surface area is 116 Å². The summed E-state index contributed by atoms with van der Waals surface area (Å²) < 4.78 is 0. The minimum atomic E-state index is -1.26. The molecule has 0 aromatic heterocycles. The van der Waals surface area contributed by atoms with Gasteiger partial charge in [0.2, 0.25) is 0 Å². The molecule has 0 aromatic carbocycles. The van der Waals surface area contributed by atoms with Gasteiger partial charge in [-0.1, -0.05) is 60.8 Å². The fraction of sp³-hybridized carbons (Fsp3) is 0.733. The molecule has 0 radical (unpaired) electrons. The zero-order valence-corrected chi connectivity index (χ0v) is 16.0. The highest BCUT2D eigenvalue weighted by atomic mass is 28.3. The first-order valence-corrected chi connectivity index (χ1v) is 14.0. The van der Waals surface area contributed by atoms with Crippen molar-refractivity contribution in [1.82, 2.24) is 4.90 Å². The van der Waals surface area contributed by atoms with Crippen LogP contribution in [0.15, 0.2) is 21.5 Å². The third kappa shape index (κ3) is 2.73. The van der Waals surface area contributed by atoms with Gasteiger partial charge in [-0.25, -0.2) is 0 Å². The fourth-order valence-corrected chi connectivity index (χ4v) is 8.64. The van der Waals surface area contributed by atoms with Crippen molar-refractivity contribution in [3.8, 4) is 0 Å². The summed E-state index contributed by atoms with van der Waals surface area (Å²) >= 11 is 0. The van der Waals surface area contributed by atoms with Crippen molar-refractivity contribution < 1.29 is 0 Å². The van der Waals surface area contributed by atoms with E-state index in [0.29, 0.717) is 6.04 Å². The van der Waals surface area contributed by atoms with Crippen LogP contribution in [0.2, 0.25) is 39.3 Å². The molecule has 1 aliphatic carbocycles. The second-order valence-electron chi connectivity index (χ2n) is 7.94. The standard InChI is InChI=1S/C15H31NSi2/c1-11-12(2)15(18(8,9)10)13(16(3)4)14(11)17(5,6)7/h13H,1-10H3. The van der Waals surface area contributed by atoms with Gasteiger partial charge in [0.15, 0.2) is 0 Å². The number of allylic oxidation sites excluding steroid dienone is 2. The Balaban J connectivity index is 3.45. The minimum absolute atomic E-state index is 0.586. The highest BCUT2D eigenvalue weighted by molar-refractivity contribution is 6.86. The number of likely N-dealkylation sites (N-methyl/N-ethyl adjacent to an activating group) is 1. The van der Waals surface area contributed by atoms with Crippen LogP contribution in [-0.4, -0.2) is 41.2 Å². The molecule has 1 rings (SSSR count). The van der Waals surface area contributed by atoms with E-state index < -0.39 is 16.1 Å². The molecule has 3 heteroatoms. The van der Waals surface area contributed by atoms with Gasteiger partial charge in [0.05, 0.1) is 16.1 Å². The molecule has 0 aromatic rings. The quantitative estimate of drug-likeness (QED) is 0.697. The highest BCUT2D eigenvalue weighted by Crippen LogP contribution is 2.42. The summed E-state index contributed by atoms with van der Waals surface area (Å²) in [4.78, 5) is 2.45. The third-order valence-corrected chi connectivity index (χ3v) is 8.58. The predicted molar refractivity (Wildman–Crippen MR) is 89.6 cm³/mol. The van der Waals surface area contributed by atoms with Gasteiger partial charge >= 0.3 is 0 Å². The maximum atomic E-state index is 2.49. The van der Waals surface area contributed by atoms with E-state index in [1.54, 1.807) is 21.5 Å². The van der Waals surface area contributed by atoms with Crippen LogP contribution in [-0.2, 0) is 0 Å². The van der Waals surface area contributed by atoms with Crippen molar-refractivity contribution in [1.29, 1.82) is 0 Å². The molecule has 0 saturated heterocycles. The lowest BCUT2D eigenvalue weighted by Gasteiger charge is -2.37. The minimum Gasteiger partial charge on any atom is -0.300 e. The summed E-state index contributed by atoms with van der Waals surface area (Å²) in [7, 11) is 1.98. The monoisotopic (exact) mass is 281 g/mol. The Kier molecular flexibility index (Phi) is 4.22. The Morgan fingerprint density at radius 1 is 0.722 bits per heavy atom. The Bertz CT molecular complexity index is 367. The first kappa shape index (κ1) is 15.9. The summed E-state index contributed by atoms with van der Waals surface area (Å²) in [6.07, 6.45) is 0. The zero-order valence-electron chi connectivity index (χ0n) is 14.0. The van der Waals surface area contributed by atoms with Crippen LogP contribution < -0.4 is 0 Å². The van der Waals surface area contributed by atoms with Gasteiger partial charge in [0.1, 0.15) is 0 Å². The van der Waals surface area contributed by atoms with Gasteiger partial charge in [0, 0.05) is 6.04 Å². The molecule has 0 fully saturated rings. The van der Waals surface area contributed by atoms with Crippen LogP contribution in [0.5, 0.6) is 0 Å². The molecule has 18 heavy (non-hydrogen) atoms. The molecule has 0 N–H and O–H groups in total. The van der Waals surface area contributed by atoms with Gasteiger partial charge in [-0.15, -0.1) is 0 Å². The van der Waals surface area contributed by atoms with E-state index in [1.165, 1.54) is 0 Å². The van der Waals surface area contributed by atoms with Crippen molar-refractivity contribution in [2.45, 2.75) is 59.2 Å². The van der Waals surface area contributed by atoms with Crippen molar-refractivity contribution in [3.63, 3.8) is 0 Å². The molecule has 0 spiro atoms. The van der Waals surface area contributed by atoms with E-state index in [9.17, 15) is 0 Å². The molecule has 0 amide bonds. The Hall–Kier alpha value is -0.126. The van der Waals surface area contributed by atoms with E-state index in [2.05, 4.69) is 72.1 Å². The molecule has 104 valence electrons. The van der Waals surface area contributed by atoms with Crippen LogP contribution in [0, 0.1) is 0 Å². The van der Waals surface area contributed by atoms with E-state index >= 15 is 0 Å². The molecular formula is C15H31NSi2. The average molecular weight is 282 g/mol. The molecule has 1 aliphatic rings. The third-order valence-electron chi connectivity index (χ3n) is 4.05. The lowest BCUT2D eigenvalue weighted by Crippen LogP contribution is -2.45. The number of hydrogen-bond acceptors (Lipinski definition) is 1. The molecular weight excluding hydrogens is 250 g/mol. The molecule has 0 unspecified atom stereocenters. The lowest BCUT2D eigenvalue weighted by atomic mass is 10.2. The van der Waals surface area contributed by atoms with Crippen LogP contribution >= 0.6 is 0 Å². The van der Waals surface area contributed by atoms with Crippen molar-refractivity contribution in [2.75, 3.05) is 14.1 Å². The average Bonchev–Trinajstić information content (AvgIpc) is 2.37. The summed E-state index contributed by atoms with van der Waals surface area (Å²) in [5, 5.41) is 3.53. The maximum Gasteiger partial charge on any atom is 0.0752 e. The largest absolute Gasteiger partial charge is 0.300 e. The second-order valence-corrected chi connectivity index (χ2v) is 18.0. The number of nitrogens with zero attached hydrogens (tertiary/aromatic N) is 1. The number of rotatable bonds is 3. The van der Waals surface area contributed by atoms with Crippen LogP contribution in [0.4, 0.5) is 0 Å². The summed E-state index contributed by atoms with van der Waals surface area (Å²) in [6, 6.07) is 0.586. The predicted octanol–water partition coefficient (Wildman–Crippen LogP) is 4.32. The zero-order chi connectivity index (χ0) is 14.5. The van der Waals surface area contributed by atoms with Crippen molar-refractivity contribution in [3.05, 3.63) is 21.5 Å². The topological polar surface area (TPSA) is 3.24 Å². The van der Waals surface area contributed by atoms with E-state index in [4.69, 9.17) is 0 Å². The van der Waals surface area contributed by atoms with Crippen LogP contribution in [0.25, 0.3) is 0 Å². The van der Waals surface area contributed by atoms with Gasteiger partial charge in [-0.3, -0.25) is 4.90 Å². The summed E-state index contributed by atoms with van der Waals surface area (Å²) in [5.74, 6) is 0.